The van der Waals surface area contributed by atoms with E-state index in [4.69, 9.17) is 21.4 Å². The van der Waals surface area contributed by atoms with E-state index in [0.29, 0.717) is 0 Å². The standard InChI is InChI=1S/C7H6Cl2O5S2/c1-4-2-5(15(8,11)12)7(10)6(3-4)16(9,13)14/h2-3,10H,1H3. The first-order valence-corrected chi connectivity index (χ1v) is 8.38. The van der Waals surface area contributed by atoms with Crippen LogP contribution in [0.4, 0.5) is 0 Å². The van der Waals surface area contributed by atoms with Gasteiger partial charge >= 0.3 is 0 Å². The van der Waals surface area contributed by atoms with Crippen molar-refractivity contribution < 1.29 is 21.9 Å². The number of hydrogen-bond acceptors (Lipinski definition) is 5. The third-order valence-electron chi connectivity index (χ3n) is 1.71. The van der Waals surface area contributed by atoms with Crippen molar-refractivity contribution in [1.29, 1.82) is 0 Å². The average Bonchev–Trinajstić information content (AvgIpc) is 2.04. The largest absolute Gasteiger partial charge is 0.505 e. The van der Waals surface area contributed by atoms with E-state index in [1.54, 1.807) is 0 Å². The minimum Gasteiger partial charge on any atom is -0.505 e. The minimum atomic E-state index is -4.24. The lowest BCUT2D eigenvalue weighted by atomic mass is 10.2. The van der Waals surface area contributed by atoms with E-state index in [9.17, 15) is 21.9 Å². The molecular weight excluding hydrogens is 299 g/mol. The van der Waals surface area contributed by atoms with Crippen LogP contribution in [-0.2, 0) is 18.1 Å². The zero-order valence-corrected chi connectivity index (χ0v) is 11.0. The molecular formula is C7H6Cl2O5S2. The Hall–Kier alpha value is -0.500. The van der Waals surface area contributed by atoms with Gasteiger partial charge in [-0.1, -0.05) is 0 Å². The number of rotatable bonds is 2. The van der Waals surface area contributed by atoms with Gasteiger partial charge in [0, 0.05) is 21.4 Å². The number of aryl methyl sites for hydroxylation is 1. The molecule has 16 heavy (non-hydrogen) atoms. The number of benzene rings is 1. The zero-order chi connectivity index (χ0) is 12.7. The van der Waals surface area contributed by atoms with Crippen molar-refractivity contribution in [3.8, 4) is 5.75 Å². The fraction of sp³-hybridized carbons (Fsp3) is 0.143. The van der Waals surface area contributed by atoms with Crippen molar-refractivity contribution in [2.75, 3.05) is 0 Å². The third kappa shape index (κ3) is 2.79. The summed E-state index contributed by atoms with van der Waals surface area (Å²) in [4.78, 5) is -1.37. The second-order valence-electron chi connectivity index (χ2n) is 2.99. The molecule has 1 rings (SSSR count). The fourth-order valence-corrected chi connectivity index (χ4v) is 3.19. The maximum atomic E-state index is 11.1. The predicted octanol–water partition coefficient (Wildman–Crippen LogP) is 1.56. The van der Waals surface area contributed by atoms with Crippen LogP contribution in [0, 0.1) is 6.92 Å². The summed E-state index contributed by atoms with van der Waals surface area (Å²) in [5, 5.41) is 9.46. The van der Waals surface area contributed by atoms with Crippen LogP contribution in [0.3, 0.4) is 0 Å². The molecule has 90 valence electrons. The first kappa shape index (κ1) is 13.6. The molecule has 0 aliphatic rings. The van der Waals surface area contributed by atoms with Crippen LogP contribution < -0.4 is 0 Å². The number of aromatic hydroxyl groups is 1. The van der Waals surface area contributed by atoms with Gasteiger partial charge in [-0.3, -0.25) is 0 Å². The lowest BCUT2D eigenvalue weighted by molar-refractivity contribution is 0.443. The highest BCUT2D eigenvalue weighted by atomic mass is 35.7. The van der Waals surface area contributed by atoms with Crippen molar-refractivity contribution in [3.63, 3.8) is 0 Å². The quantitative estimate of drug-likeness (QED) is 0.838. The van der Waals surface area contributed by atoms with Gasteiger partial charge in [0.15, 0.2) is 5.75 Å². The van der Waals surface area contributed by atoms with Crippen LogP contribution >= 0.6 is 21.4 Å². The first-order valence-electron chi connectivity index (χ1n) is 3.76. The van der Waals surface area contributed by atoms with Crippen LogP contribution in [-0.4, -0.2) is 21.9 Å². The minimum absolute atomic E-state index is 0.288. The van der Waals surface area contributed by atoms with Gasteiger partial charge in [0.25, 0.3) is 18.1 Å². The molecule has 0 heterocycles. The van der Waals surface area contributed by atoms with E-state index in [1.165, 1.54) is 6.92 Å². The number of phenols is 1. The van der Waals surface area contributed by atoms with Crippen molar-refractivity contribution in [1.82, 2.24) is 0 Å². The van der Waals surface area contributed by atoms with E-state index in [2.05, 4.69) is 0 Å². The lowest BCUT2D eigenvalue weighted by Crippen LogP contribution is -1.99. The monoisotopic (exact) mass is 304 g/mol. The van der Waals surface area contributed by atoms with Gasteiger partial charge in [0.05, 0.1) is 0 Å². The van der Waals surface area contributed by atoms with E-state index >= 15 is 0 Å². The fourth-order valence-electron chi connectivity index (χ4n) is 1.09. The molecule has 0 atom stereocenters. The smallest absolute Gasteiger partial charge is 0.265 e. The summed E-state index contributed by atoms with van der Waals surface area (Å²) >= 11 is 0. The number of halogens is 2. The van der Waals surface area contributed by atoms with E-state index in [1.807, 2.05) is 0 Å². The molecule has 1 aromatic carbocycles. The van der Waals surface area contributed by atoms with Crippen molar-refractivity contribution >= 4 is 39.5 Å². The molecule has 0 radical (unpaired) electrons. The lowest BCUT2D eigenvalue weighted by Gasteiger charge is -2.06. The molecule has 0 aromatic heterocycles. The van der Waals surface area contributed by atoms with E-state index < -0.39 is 33.6 Å². The van der Waals surface area contributed by atoms with Gasteiger partial charge in [-0.05, 0) is 24.6 Å². The van der Waals surface area contributed by atoms with Crippen LogP contribution in [0.25, 0.3) is 0 Å². The summed E-state index contributed by atoms with van der Waals surface area (Å²) in [7, 11) is 1.59. The second-order valence-corrected chi connectivity index (χ2v) is 8.05. The Morgan fingerprint density at radius 3 is 1.56 bits per heavy atom. The maximum Gasteiger partial charge on any atom is 0.265 e. The Bertz CT molecular complexity index is 580. The van der Waals surface area contributed by atoms with Crippen LogP contribution in [0.15, 0.2) is 21.9 Å². The Morgan fingerprint density at radius 1 is 1.00 bits per heavy atom. The Balaban J connectivity index is 3.78. The highest BCUT2D eigenvalue weighted by molar-refractivity contribution is 8.14. The van der Waals surface area contributed by atoms with E-state index in [0.717, 1.165) is 12.1 Å². The third-order valence-corrected chi connectivity index (χ3v) is 4.38. The summed E-state index contributed by atoms with van der Waals surface area (Å²) in [6.45, 7) is 1.44. The first-order chi connectivity index (χ1) is 7.03. The zero-order valence-electron chi connectivity index (χ0n) is 7.81. The van der Waals surface area contributed by atoms with Crippen LogP contribution in [0.2, 0.25) is 0 Å². The topological polar surface area (TPSA) is 88.5 Å². The molecule has 0 spiro atoms. The number of hydrogen-bond donors (Lipinski definition) is 1. The number of phenolic OH excluding ortho intramolecular Hbond substituents is 1. The van der Waals surface area contributed by atoms with Gasteiger partial charge in [-0.2, -0.15) is 0 Å². The van der Waals surface area contributed by atoms with Gasteiger partial charge in [-0.15, -0.1) is 0 Å². The molecule has 5 nitrogen and oxygen atoms in total. The van der Waals surface area contributed by atoms with Crippen molar-refractivity contribution in [2.45, 2.75) is 16.7 Å². The Morgan fingerprint density at radius 2 is 1.31 bits per heavy atom. The predicted molar refractivity (Wildman–Crippen MR) is 58.9 cm³/mol. The maximum absolute atomic E-state index is 11.1. The van der Waals surface area contributed by atoms with Crippen LogP contribution in [0.5, 0.6) is 5.75 Å². The average molecular weight is 305 g/mol. The normalized spacial score (nSPS) is 12.7. The van der Waals surface area contributed by atoms with Gasteiger partial charge < -0.3 is 5.11 Å². The van der Waals surface area contributed by atoms with E-state index in [-0.39, 0.29) is 5.56 Å². The molecule has 9 heteroatoms. The molecule has 0 aliphatic heterocycles. The molecule has 0 bridgehead atoms. The van der Waals surface area contributed by atoms with Crippen molar-refractivity contribution in [2.24, 2.45) is 0 Å². The molecule has 0 amide bonds. The molecule has 0 unspecified atom stereocenters. The highest BCUT2D eigenvalue weighted by Crippen LogP contribution is 2.35. The molecule has 0 saturated carbocycles. The van der Waals surface area contributed by atoms with Crippen molar-refractivity contribution in [3.05, 3.63) is 17.7 Å². The summed E-state index contributed by atoms with van der Waals surface area (Å²) in [6.07, 6.45) is 0. The molecule has 0 saturated heterocycles. The molecule has 1 N–H and O–H groups in total. The summed E-state index contributed by atoms with van der Waals surface area (Å²) in [6, 6.07) is 2.09. The van der Waals surface area contributed by atoms with Crippen LogP contribution in [0.1, 0.15) is 5.56 Å². The van der Waals surface area contributed by atoms with Gasteiger partial charge in [0.2, 0.25) is 0 Å². The second kappa shape index (κ2) is 4.06. The summed E-state index contributed by atoms with van der Waals surface area (Å²) in [5.74, 6) is -0.976. The summed E-state index contributed by atoms with van der Waals surface area (Å²) in [5.41, 5.74) is 0.288. The molecule has 1 aromatic rings. The highest BCUT2D eigenvalue weighted by Gasteiger charge is 2.24. The van der Waals surface area contributed by atoms with Gasteiger partial charge in [-0.25, -0.2) is 16.8 Å². The SMILES string of the molecule is Cc1cc(S(=O)(=O)Cl)c(O)c(S(=O)(=O)Cl)c1. The molecule has 0 fully saturated rings. The molecule has 0 aliphatic carbocycles. The summed E-state index contributed by atoms with van der Waals surface area (Å²) < 4.78 is 44.2. The Labute approximate surface area is 101 Å². The van der Waals surface area contributed by atoms with Gasteiger partial charge in [0.1, 0.15) is 9.79 Å². The Kier molecular flexibility index (Phi) is 3.45.